The molecular formula is C25H23IN4O3S. The first-order valence-electron chi connectivity index (χ1n) is 11.1. The van der Waals surface area contributed by atoms with Gasteiger partial charge in [0.15, 0.2) is 0 Å². The quantitative estimate of drug-likeness (QED) is 0.230. The average molecular weight is 586 g/mol. The molecule has 174 valence electrons. The van der Waals surface area contributed by atoms with E-state index in [0.717, 1.165) is 43.4 Å². The third kappa shape index (κ3) is 5.00. The molecule has 0 saturated carbocycles. The van der Waals surface area contributed by atoms with Crippen LogP contribution in [0.3, 0.4) is 0 Å². The number of amides is 1. The maximum absolute atomic E-state index is 12.2. The Bertz CT molecular complexity index is 1320. The van der Waals surface area contributed by atoms with Gasteiger partial charge in [-0.1, -0.05) is 31.3 Å². The van der Waals surface area contributed by atoms with Crippen LogP contribution in [0.5, 0.6) is 11.5 Å². The number of rotatable bonds is 7. The van der Waals surface area contributed by atoms with Gasteiger partial charge in [0.2, 0.25) is 11.8 Å². The number of nitrogens with zero attached hydrogens (tertiary/aromatic N) is 4. The lowest BCUT2D eigenvalue weighted by molar-refractivity contribution is -0.128. The number of ether oxygens (including phenoxy) is 1. The molecule has 2 aromatic heterocycles. The highest BCUT2D eigenvalue weighted by molar-refractivity contribution is 14.1. The van der Waals surface area contributed by atoms with Crippen LogP contribution in [-0.4, -0.2) is 32.5 Å². The van der Waals surface area contributed by atoms with E-state index in [9.17, 15) is 4.79 Å². The molecule has 7 nitrogen and oxygen atoms in total. The summed E-state index contributed by atoms with van der Waals surface area (Å²) in [4.78, 5) is 18.5. The highest BCUT2D eigenvalue weighted by atomic mass is 127. The molecule has 0 radical (unpaired) electrons. The Morgan fingerprint density at radius 3 is 2.59 bits per heavy atom. The summed E-state index contributed by atoms with van der Waals surface area (Å²) in [5.41, 5.74) is 2.76. The van der Waals surface area contributed by atoms with E-state index in [4.69, 9.17) is 9.15 Å². The van der Waals surface area contributed by atoms with Crippen LogP contribution < -0.4 is 4.74 Å². The fourth-order valence-electron chi connectivity index (χ4n) is 3.75. The first-order chi connectivity index (χ1) is 16.5. The van der Waals surface area contributed by atoms with Crippen LogP contribution in [0.25, 0.3) is 22.0 Å². The van der Waals surface area contributed by atoms with Gasteiger partial charge in [-0.15, -0.1) is 10.2 Å². The van der Waals surface area contributed by atoms with Gasteiger partial charge < -0.3 is 14.1 Å². The van der Waals surface area contributed by atoms with Crippen LogP contribution in [0, 0.1) is 3.70 Å². The molecule has 1 amide bonds. The highest BCUT2D eigenvalue weighted by Gasteiger charge is 2.22. The summed E-state index contributed by atoms with van der Waals surface area (Å²) in [7, 11) is 0. The third-order valence-corrected chi connectivity index (χ3v) is 7.35. The molecule has 1 saturated heterocycles. The first-order valence-corrected chi connectivity index (χ1v) is 13.0. The zero-order chi connectivity index (χ0) is 23.7. The van der Waals surface area contributed by atoms with Crippen molar-refractivity contribution in [3.05, 3.63) is 63.0 Å². The van der Waals surface area contributed by atoms with Crippen molar-refractivity contribution in [2.45, 2.75) is 39.2 Å². The Morgan fingerprint density at radius 2 is 1.94 bits per heavy atom. The van der Waals surface area contributed by atoms with Gasteiger partial charge in [-0.05, 0) is 65.4 Å². The molecule has 0 aliphatic carbocycles. The Kier molecular flexibility index (Phi) is 6.64. The van der Waals surface area contributed by atoms with E-state index in [-0.39, 0.29) is 5.91 Å². The third-order valence-electron chi connectivity index (χ3n) is 5.59. The van der Waals surface area contributed by atoms with Gasteiger partial charge in [0.1, 0.15) is 31.5 Å². The van der Waals surface area contributed by atoms with Crippen LogP contribution >= 0.6 is 33.9 Å². The van der Waals surface area contributed by atoms with E-state index >= 15 is 0 Å². The SMILES string of the molecule is CC(C)c1nnc(-c2ccc(Oc3cc(-c4nc(I)co4)ccc3CN3CCCC3=O)cc2)s1. The van der Waals surface area contributed by atoms with Crippen molar-refractivity contribution in [2.75, 3.05) is 6.54 Å². The number of oxazole rings is 1. The molecule has 1 aliphatic heterocycles. The Labute approximate surface area is 215 Å². The summed E-state index contributed by atoms with van der Waals surface area (Å²) in [6.07, 6.45) is 3.12. The summed E-state index contributed by atoms with van der Waals surface area (Å²) in [5, 5.41) is 10.5. The Hall–Kier alpha value is -2.79. The maximum Gasteiger partial charge on any atom is 0.227 e. The monoisotopic (exact) mass is 586 g/mol. The van der Waals surface area contributed by atoms with Gasteiger partial charge in [-0.2, -0.15) is 0 Å². The average Bonchev–Trinajstić information content (AvgIpc) is 3.57. The number of benzene rings is 2. The van der Waals surface area contributed by atoms with Crippen LogP contribution in [0.4, 0.5) is 0 Å². The molecule has 5 rings (SSSR count). The van der Waals surface area contributed by atoms with Gasteiger partial charge in [0, 0.05) is 42.1 Å². The van der Waals surface area contributed by atoms with Crippen LogP contribution in [0.1, 0.15) is 43.2 Å². The first kappa shape index (κ1) is 23.0. The number of halogens is 1. The molecule has 4 aromatic rings. The van der Waals surface area contributed by atoms with E-state index in [0.29, 0.717) is 36.3 Å². The molecule has 1 fully saturated rings. The minimum absolute atomic E-state index is 0.180. The standard InChI is InChI=1S/C25H23IN4O3S/c1-15(2)24-28-29-25(34-24)16-7-9-19(10-8-16)33-20-12-17(23-27-21(26)14-32-23)5-6-18(20)13-30-11-3-4-22(30)31/h5-10,12,14-15H,3-4,11,13H2,1-2H3. The number of carbonyl (C=O) groups is 1. The molecule has 9 heteroatoms. The predicted octanol–water partition coefficient (Wildman–Crippen LogP) is 6.50. The summed E-state index contributed by atoms with van der Waals surface area (Å²) < 4.78 is 12.7. The van der Waals surface area contributed by atoms with E-state index < -0.39 is 0 Å². The van der Waals surface area contributed by atoms with Gasteiger partial charge in [-0.3, -0.25) is 4.79 Å². The van der Waals surface area contributed by atoms with Crippen molar-refractivity contribution in [3.63, 3.8) is 0 Å². The van der Waals surface area contributed by atoms with Crippen molar-refractivity contribution < 1.29 is 13.9 Å². The number of carbonyl (C=O) groups excluding carboxylic acids is 1. The molecule has 2 aromatic carbocycles. The second-order valence-corrected chi connectivity index (χ2v) is 10.6. The Balaban J connectivity index is 1.42. The molecular weight excluding hydrogens is 563 g/mol. The Morgan fingerprint density at radius 1 is 1.15 bits per heavy atom. The molecule has 0 bridgehead atoms. The summed E-state index contributed by atoms with van der Waals surface area (Å²) >= 11 is 3.73. The lowest BCUT2D eigenvalue weighted by Gasteiger charge is -2.19. The molecule has 0 unspecified atom stereocenters. The normalized spacial score (nSPS) is 13.8. The highest BCUT2D eigenvalue weighted by Crippen LogP contribution is 2.34. The lowest BCUT2D eigenvalue weighted by Crippen LogP contribution is -2.24. The molecule has 1 aliphatic rings. The van der Waals surface area contributed by atoms with Crippen molar-refractivity contribution >= 4 is 39.8 Å². The van der Waals surface area contributed by atoms with Crippen LogP contribution in [-0.2, 0) is 11.3 Å². The summed E-state index contributed by atoms with van der Waals surface area (Å²) in [6.45, 7) is 5.51. The van der Waals surface area contributed by atoms with Gasteiger partial charge >= 0.3 is 0 Å². The minimum atomic E-state index is 0.180. The zero-order valence-corrected chi connectivity index (χ0v) is 21.8. The van der Waals surface area contributed by atoms with E-state index in [1.54, 1.807) is 17.6 Å². The topological polar surface area (TPSA) is 81.3 Å². The summed E-state index contributed by atoms with van der Waals surface area (Å²) in [6, 6.07) is 13.7. The van der Waals surface area contributed by atoms with Crippen molar-refractivity contribution in [1.82, 2.24) is 20.1 Å². The zero-order valence-electron chi connectivity index (χ0n) is 18.8. The van der Waals surface area contributed by atoms with E-state index in [2.05, 4.69) is 51.6 Å². The fourth-order valence-corrected chi connectivity index (χ4v) is 4.95. The van der Waals surface area contributed by atoms with Gasteiger partial charge in [0.05, 0.1) is 0 Å². The number of hydrogen-bond acceptors (Lipinski definition) is 7. The van der Waals surface area contributed by atoms with Crippen LogP contribution in [0.15, 0.2) is 53.1 Å². The van der Waals surface area contributed by atoms with Crippen LogP contribution in [0.2, 0.25) is 0 Å². The van der Waals surface area contributed by atoms with Gasteiger partial charge in [-0.25, -0.2) is 4.98 Å². The second-order valence-electron chi connectivity index (χ2n) is 8.44. The smallest absolute Gasteiger partial charge is 0.227 e. The maximum atomic E-state index is 12.2. The minimum Gasteiger partial charge on any atom is -0.457 e. The van der Waals surface area contributed by atoms with E-state index in [1.807, 2.05) is 47.4 Å². The molecule has 3 heterocycles. The molecule has 0 N–H and O–H groups in total. The van der Waals surface area contributed by atoms with E-state index in [1.165, 1.54) is 0 Å². The molecule has 0 spiro atoms. The molecule has 0 atom stereocenters. The second kappa shape index (κ2) is 9.83. The van der Waals surface area contributed by atoms with Crippen molar-refractivity contribution in [1.29, 1.82) is 0 Å². The van der Waals surface area contributed by atoms with Gasteiger partial charge in [0.25, 0.3) is 0 Å². The largest absolute Gasteiger partial charge is 0.457 e. The summed E-state index contributed by atoms with van der Waals surface area (Å²) in [5.74, 6) is 2.45. The number of likely N-dealkylation sites (tertiary alicyclic amines) is 1. The predicted molar refractivity (Wildman–Crippen MR) is 139 cm³/mol. The number of aromatic nitrogens is 3. The molecule has 34 heavy (non-hydrogen) atoms. The van der Waals surface area contributed by atoms with Crippen molar-refractivity contribution in [2.24, 2.45) is 0 Å². The van der Waals surface area contributed by atoms with Crippen molar-refractivity contribution in [3.8, 4) is 33.5 Å². The lowest BCUT2D eigenvalue weighted by atomic mass is 10.1. The fraction of sp³-hybridized carbons (Fsp3) is 0.280. The number of hydrogen-bond donors (Lipinski definition) is 0.